The van der Waals surface area contributed by atoms with Crippen molar-refractivity contribution >= 4 is 5.91 Å². The average Bonchev–Trinajstić information content (AvgIpc) is 2.77. The first-order chi connectivity index (χ1) is 7.70. The summed E-state index contributed by atoms with van der Waals surface area (Å²) in [5.41, 5.74) is 2.52. The monoisotopic (exact) mass is 221 g/mol. The van der Waals surface area contributed by atoms with Crippen LogP contribution in [0.25, 0.3) is 11.3 Å². The molecular formula is C10H8FN3O2. The summed E-state index contributed by atoms with van der Waals surface area (Å²) in [5.74, 6) is -1.16. The molecule has 82 valence electrons. The summed E-state index contributed by atoms with van der Waals surface area (Å²) in [7, 11) is 0. The third-order valence-electron chi connectivity index (χ3n) is 2.03. The van der Waals surface area contributed by atoms with Gasteiger partial charge in [0.05, 0.1) is 11.9 Å². The Labute approximate surface area is 89.9 Å². The molecule has 0 spiro atoms. The van der Waals surface area contributed by atoms with Gasteiger partial charge in [-0.2, -0.15) is 0 Å². The first kappa shape index (κ1) is 10.3. The fraction of sp³-hybridized carbons (Fsp3) is 0. The number of carbonyl (C=O) groups excluding carboxylic acids is 1. The summed E-state index contributed by atoms with van der Waals surface area (Å²) in [6.45, 7) is 0. The largest absolute Gasteiger partial charge is 0.334 e. The fourth-order valence-corrected chi connectivity index (χ4v) is 1.29. The topological polar surface area (TPSA) is 78.0 Å². The Hall–Kier alpha value is -2.21. The molecule has 0 aliphatic rings. The van der Waals surface area contributed by atoms with Gasteiger partial charge in [0.1, 0.15) is 5.82 Å². The summed E-state index contributed by atoms with van der Waals surface area (Å²) >= 11 is 0. The number of aromatic amines is 1. The molecular weight excluding hydrogens is 213 g/mol. The van der Waals surface area contributed by atoms with E-state index >= 15 is 0 Å². The second kappa shape index (κ2) is 4.11. The Balaban J connectivity index is 2.35. The minimum Gasteiger partial charge on any atom is -0.334 e. The molecule has 5 nitrogen and oxygen atoms in total. The predicted octanol–water partition coefficient (Wildman–Crippen LogP) is 1.33. The fourth-order valence-electron chi connectivity index (χ4n) is 1.29. The van der Waals surface area contributed by atoms with Gasteiger partial charge in [-0.1, -0.05) is 12.1 Å². The van der Waals surface area contributed by atoms with Gasteiger partial charge >= 0.3 is 5.91 Å². The van der Waals surface area contributed by atoms with Crippen LogP contribution in [-0.2, 0) is 0 Å². The zero-order valence-corrected chi connectivity index (χ0v) is 8.07. The van der Waals surface area contributed by atoms with Crippen molar-refractivity contribution in [2.75, 3.05) is 0 Å². The lowest BCUT2D eigenvalue weighted by Crippen LogP contribution is -2.19. The van der Waals surface area contributed by atoms with Crippen LogP contribution in [0, 0.1) is 5.82 Å². The SMILES string of the molecule is O=C(NO)c1ncc(-c2cccc(F)c2)[nH]1. The zero-order chi connectivity index (χ0) is 11.5. The minimum absolute atomic E-state index is 0.0400. The maximum atomic E-state index is 12.9. The van der Waals surface area contributed by atoms with Gasteiger partial charge in [0.2, 0.25) is 0 Å². The summed E-state index contributed by atoms with van der Waals surface area (Å²) in [4.78, 5) is 17.4. The van der Waals surface area contributed by atoms with Crippen LogP contribution in [0.1, 0.15) is 10.6 Å². The Morgan fingerprint density at radius 1 is 1.50 bits per heavy atom. The van der Waals surface area contributed by atoms with Crippen LogP contribution in [0.15, 0.2) is 30.5 Å². The van der Waals surface area contributed by atoms with Crippen molar-refractivity contribution in [3.63, 3.8) is 0 Å². The number of carbonyl (C=O) groups is 1. The molecule has 0 atom stereocenters. The number of hydrogen-bond donors (Lipinski definition) is 3. The van der Waals surface area contributed by atoms with Gasteiger partial charge in [-0.15, -0.1) is 0 Å². The first-order valence-electron chi connectivity index (χ1n) is 4.46. The number of benzene rings is 1. The number of halogens is 1. The van der Waals surface area contributed by atoms with E-state index in [4.69, 9.17) is 5.21 Å². The van der Waals surface area contributed by atoms with E-state index in [1.54, 1.807) is 12.1 Å². The molecule has 0 saturated carbocycles. The number of nitrogens with one attached hydrogen (secondary N) is 2. The molecule has 1 amide bonds. The molecule has 2 aromatic rings. The number of H-pyrrole nitrogens is 1. The normalized spacial score (nSPS) is 10.1. The predicted molar refractivity (Wildman–Crippen MR) is 53.2 cm³/mol. The summed E-state index contributed by atoms with van der Waals surface area (Å²) in [6.07, 6.45) is 1.39. The van der Waals surface area contributed by atoms with Crippen molar-refractivity contribution in [2.24, 2.45) is 0 Å². The van der Waals surface area contributed by atoms with E-state index in [0.29, 0.717) is 11.3 Å². The summed E-state index contributed by atoms with van der Waals surface area (Å²) in [5, 5.41) is 8.39. The van der Waals surface area contributed by atoms with Gasteiger partial charge < -0.3 is 4.98 Å². The number of imidazole rings is 1. The molecule has 16 heavy (non-hydrogen) atoms. The zero-order valence-electron chi connectivity index (χ0n) is 8.07. The maximum absolute atomic E-state index is 12.9. The molecule has 6 heteroatoms. The van der Waals surface area contributed by atoms with Gasteiger partial charge in [-0.25, -0.2) is 14.9 Å². The van der Waals surface area contributed by atoms with Crippen LogP contribution in [0.4, 0.5) is 4.39 Å². The summed E-state index contributed by atoms with van der Waals surface area (Å²) < 4.78 is 12.9. The highest BCUT2D eigenvalue weighted by Crippen LogP contribution is 2.17. The highest BCUT2D eigenvalue weighted by molar-refractivity contribution is 5.90. The first-order valence-corrected chi connectivity index (χ1v) is 4.46. The van der Waals surface area contributed by atoms with Gasteiger partial charge in [0.15, 0.2) is 5.82 Å². The third-order valence-corrected chi connectivity index (χ3v) is 2.03. The van der Waals surface area contributed by atoms with Crippen molar-refractivity contribution in [3.8, 4) is 11.3 Å². The van der Waals surface area contributed by atoms with Crippen molar-refractivity contribution in [2.45, 2.75) is 0 Å². The van der Waals surface area contributed by atoms with Crippen molar-refractivity contribution in [1.29, 1.82) is 0 Å². The molecule has 0 fully saturated rings. The second-order valence-corrected chi connectivity index (χ2v) is 3.10. The molecule has 0 saturated heterocycles. The molecule has 1 aromatic heterocycles. The average molecular weight is 221 g/mol. The van der Waals surface area contributed by atoms with Crippen LogP contribution in [-0.4, -0.2) is 21.1 Å². The highest BCUT2D eigenvalue weighted by Gasteiger charge is 2.10. The van der Waals surface area contributed by atoms with Gasteiger partial charge in [0, 0.05) is 5.56 Å². The third kappa shape index (κ3) is 1.91. The molecule has 0 bridgehead atoms. The Morgan fingerprint density at radius 2 is 2.31 bits per heavy atom. The minimum atomic E-state index is -0.748. The molecule has 0 radical (unpaired) electrons. The molecule has 0 unspecified atom stereocenters. The van der Waals surface area contributed by atoms with E-state index in [2.05, 4.69) is 9.97 Å². The Kier molecular flexibility index (Phi) is 2.65. The van der Waals surface area contributed by atoms with Gasteiger partial charge in [0.25, 0.3) is 0 Å². The van der Waals surface area contributed by atoms with E-state index in [1.807, 2.05) is 0 Å². The van der Waals surface area contributed by atoms with Gasteiger partial charge in [-0.05, 0) is 12.1 Å². The van der Waals surface area contributed by atoms with E-state index in [0.717, 1.165) is 0 Å². The molecule has 3 N–H and O–H groups in total. The molecule has 1 heterocycles. The Bertz CT molecular complexity index is 524. The highest BCUT2D eigenvalue weighted by atomic mass is 19.1. The quantitative estimate of drug-likeness (QED) is 0.529. The smallest absolute Gasteiger partial charge is 0.310 e. The number of nitrogens with zero attached hydrogens (tertiary/aromatic N) is 1. The van der Waals surface area contributed by atoms with Crippen LogP contribution in [0.5, 0.6) is 0 Å². The summed E-state index contributed by atoms with van der Waals surface area (Å²) in [6, 6.07) is 5.86. The van der Waals surface area contributed by atoms with E-state index in [9.17, 15) is 9.18 Å². The number of hydroxylamine groups is 1. The number of amides is 1. The lowest BCUT2D eigenvalue weighted by atomic mass is 10.2. The van der Waals surface area contributed by atoms with Crippen LogP contribution in [0.3, 0.4) is 0 Å². The second-order valence-electron chi connectivity index (χ2n) is 3.10. The molecule has 1 aromatic carbocycles. The van der Waals surface area contributed by atoms with Crippen LogP contribution < -0.4 is 5.48 Å². The number of hydrogen-bond acceptors (Lipinski definition) is 3. The van der Waals surface area contributed by atoms with Crippen LogP contribution in [0.2, 0.25) is 0 Å². The molecule has 2 rings (SSSR count). The lowest BCUT2D eigenvalue weighted by Gasteiger charge is -1.97. The maximum Gasteiger partial charge on any atom is 0.310 e. The van der Waals surface area contributed by atoms with Crippen molar-refractivity contribution in [1.82, 2.24) is 15.4 Å². The standard InChI is InChI=1S/C10H8FN3O2/c11-7-3-1-2-6(4-7)8-5-12-9(13-8)10(15)14-16/h1-5,16H,(H,12,13)(H,14,15). The van der Waals surface area contributed by atoms with E-state index < -0.39 is 5.91 Å². The number of rotatable bonds is 2. The molecule has 0 aliphatic carbocycles. The van der Waals surface area contributed by atoms with Gasteiger partial charge in [-0.3, -0.25) is 10.0 Å². The lowest BCUT2D eigenvalue weighted by molar-refractivity contribution is 0.0696. The van der Waals surface area contributed by atoms with Crippen molar-refractivity contribution < 1.29 is 14.4 Å². The Morgan fingerprint density at radius 3 is 3.00 bits per heavy atom. The van der Waals surface area contributed by atoms with Crippen molar-refractivity contribution in [3.05, 3.63) is 42.1 Å². The molecule has 0 aliphatic heterocycles. The van der Waals surface area contributed by atoms with Crippen LogP contribution >= 0.6 is 0 Å². The van der Waals surface area contributed by atoms with E-state index in [1.165, 1.54) is 23.8 Å². The van der Waals surface area contributed by atoms with E-state index in [-0.39, 0.29) is 11.6 Å². The number of aromatic nitrogens is 2.